The molecule has 4 unspecified atom stereocenters. The molecule has 1 saturated heterocycles. The summed E-state index contributed by atoms with van der Waals surface area (Å²) in [7, 11) is 0. The molecule has 1 N–H and O–H groups in total. The van der Waals surface area contributed by atoms with Crippen LogP contribution in [0.3, 0.4) is 0 Å². The van der Waals surface area contributed by atoms with E-state index in [1.165, 1.54) is 51.7 Å². The molecule has 0 bridgehead atoms. The van der Waals surface area contributed by atoms with Crippen LogP contribution in [0.15, 0.2) is 0 Å². The lowest BCUT2D eigenvalue weighted by atomic mass is 9.69. The second kappa shape index (κ2) is 6.79. The predicted octanol–water partition coefficient (Wildman–Crippen LogP) is 3.91. The van der Waals surface area contributed by atoms with E-state index in [1.54, 1.807) is 0 Å². The van der Waals surface area contributed by atoms with E-state index in [4.69, 9.17) is 0 Å². The zero-order valence-corrected chi connectivity index (χ0v) is 14.4. The molecule has 2 rings (SSSR count). The Balaban J connectivity index is 2.06. The minimum absolute atomic E-state index is 0.449. The summed E-state index contributed by atoms with van der Waals surface area (Å²) in [6, 6.07) is 1.44. The van der Waals surface area contributed by atoms with Crippen molar-refractivity contribution in [2.24, 2.45) is 17.3 Å². The molecule has 0 aromatic carbocycles. The Labute approximate surface area is 126 Å². The van der Waals surface area contributed by atoms with E-state index >= 15 is 0 Å². The van der Waals surface area contributed by atoms with Gasteiger partial charge in [0.15, 0.2) is 0 Å². The minimum Gasteiger partial charge on any atom is -0.312 e. The standard InChI is InChI=1S/C18H36N2/c1-6-11-19-17-16(8-7-10-18(17,4)5)20-12-9-14(2)15(3)13-20/h14-17,19H,6-13H2,1-5H3. The molecule has 2 nitrogen and oxygen atoms in total. The molecular formula is C18H36N2. The van der Waals surface area contributed by atoms with Crippen molar-refractivity contribution in [2.45, 2.75) is 78.8 Å². The maximum Gasteiger partial charge on any atom is 0.0274 e. The zero-order valence-electron chi connectivity index (χ0n) is 14.4. The normalized spacial score (nSPS) is 38.9. The third-order valence-electron chi connectivity index (χ3n) is 6.00. The van der Waals surface area contributed by atoms with Gasteiger partial charge in [-0.25, -0.2) is 0 Å². The number of rotatable bonds is 4. The van der Waals surface area contributed by atoms with Crippen molar-refractivity contribution < 1.29 is 0 Å². The van der Waals surface area contributed by atoms with Crippen LogP contribution < -0.4 is 5.32 Å². The molecule has 2 heteroatoms. The summed E-state index contributed by atoms with van der Waals surface area (Å²) in [6.45, 7) is 15.9. The van der Waals surface area contributed by atoms with Crippen LogP contribution in [-0.2, 0) is 0 Å². The predicted molar refractivity (Wildman–Crippen MR) is 88.0 cm³/mol. The molecule has 0 amide bonds. The third-order valence-corrected chi connectivity index (χ3v) is 6.00. The van der Waals surface area contributed by atoms with E-state index in [0.29, 0.717) is 11.5 Å². The van der Waals surface area contributed by atoms with Crippen molar-refractivity contribution >= 4 is 0 Å². The molecule has 0 radical (unpaired) electrons. The average molecular weight is 280 g/mol. The highest BCUT2D eigenvalue weighted by Crippen LogP contribution is 2.39. The Bertz CT molecular complexity index is 300. The Kier molecular flexibility index (Phi) is 5.53. The molecule has 0 spiro atoms. The van der Waals surface area contributed by atoms with Crippen molar-refractivity contribution in [1.29, 1.82) is 0 Å². The van der Waals surface area contributed by atoms with Gasteiger partial charge in [-0.05, 0) is 56.0 Å². The van der Waals surface area contributed by atoms with E-state index < -0.39 is 0 Å². The van der Waals surface area contributed by atoms with Crippen LogP contribution in [0.2, 0.25) is 0 Å². The van der Waals surface area contributed by atoms with Gasteiger partial charge in [-0.3, -0.25) is 4.90 Å². The Morgan fingerprint density at radius 3 is 2.55 bits per heavy atom. The second-order valence-electron chi connectivity index (χ2n) is 8.12. The Morgan fingerprint density at radius 1 is 1.15 bits per heavy atom. The maximum atomic E-state index is 3.89. The summed E-state index contributed by atoms with van der Waals surface area (Å²) < 4.78 is 0. The fraction of sp³-hybridized carbons (Fsp3) is 1.00. The van der Waals surface area contributed by atoms with Gasteiger partial charge in [-0.15, -0.1) is 0 Å². The Morgan fingerprint density at radius 2 is 1.90 bits per heavy atom. The lowest BCUT2D eigenvalue weighted by Gasteiger charge is -2.51. The second-order valence-corrected chi connectivity index (χ2v) is 8.12. The topological polar surface area (TPSA) is 15.3 Å². The van der Waals surface area contributed by atoms with Gasteiger partial charge in [0.2, 0.25) is 0 Å². The van der Waals surface area contributed by atoms with Gasteiger partial charge >= 0.3 is 0 Å². The molecule has 0 aromatic heterocycles. The van der Waals surface area contributed by atoms with Gasteiger partial charge in [-0.1, -0.05) is 41.0 Å². The fourth-order valence-electron chi connectivity index (χ4n) is 4.31. The average Bonchev–Trinajstić information content (AvgIpc) is 2.39. The van der Waals surface area contributed by atoms with Crippen LogP contribution in [0.5, 0.6) is 0 Å². The smallest absolute Gasteiger partial charge is 0.0274 e. The quantitative estimate of drug-likeness (QED) is 0.840. The third kappa shape index (κ3) is 3.57. The van der Waals surface area contributed by atoms with Crippen molar-refractivity contribution in [3.8, 4) is 0 Å². The molecule has 1 saturated carbocycles. The molecule has 1 aliphatic heterocycles. The van der Waals surface area contributed by atoms with Crippen LogP contribution in [0, 0.1) is 17.3 Å². The van der Waals surface area contributed by atoms with Crippen molar-refractivity contribution in [3.05, 3.63) is 0 Å². The van der Waals surface area contributed by atoms with Crippen molar-refractivity contribution in [3.63, 3.8) is 0 Å². The number of hydrogen-bond acceptors (Lipinski definition) is 2. The van der Waals surface area contributed by atoms with Crippen molar-refractivity contribution in [1.82, 2.24) is 10.2 Å². The highest BCUT2D eigenvalue weighted by atomic mass is 15.2. The van der Waals surface area contributed by atoms with Crippen LogP contribution in [0.4, 0.5) is 0 Å². The number of nitrogens with one attached hydrogen (secondary N) is 1. The number of piperidine rings is 1. The van der Waals surface area contributed by atoms with Crippen LogP contribution in [0.1, 0.15) is 66.7 Å². The highest BCUT2D eigenvalue weighted by molar-refractivity contribution is 4.99. The molecular weight excluding hydrogens is 244 g/mol. The first kappa shape index (κ1) is 16.3. The van der Waals surface area contributed by atoms with E-state index in [2.05, 4.69) is 44.8 Å². The van der Waals surface area contributed by atoms with Gasteiger partial charge in [0.1, 0.15) is 0 Å². The first-order valence-corrected chi connectivity index (χ1v) is 8.93. The molecule has 0 aromatic rings. The molecule has 4 atom stereocenters. The fourth-order valence-corrected chi connectivity index (χ4v) is 4.31. The molecule has 118 valence electrons. The molecule has 1 heterocycles. The first-order chi connectivity index (χ1) is 9.45. The Hall–Kier alpha value is -0.0800. The summed E-state index contributed by atoms with van der Waals surface area (Å²) >= 11 is 0. The lowest BCUT2D eigenvalue weighted by molar-refractivity contribution is 0.0141. The zero-order chi connectivity index (χ0) is 14.8. The summed E-state index contributed by atoms with van der Waals surface area (Å²) in [5.41, 5.74) is 0.449. The van der Waals surface area contributed by atoms with Gasteiger partial charge in [0.25, 0.3) is 0 Å². The minimum atomic E-state index is 0.449. The van der Waals surface area contributed by atoms with Gasteiger partial charge in [0, 0.05) is 18.6 Å². The molecule has 2 fully saturated rings. The summed E-state index contributed by atoms with van der Waals surface area (Å²) in [4.78, 5) is 2.82. The lowest BCUT2D eigenvalue weighted by Crippen LogP contribution is -2.60. The van der Waals surface area contributed by atoms with E-state index in [1.807, 2.05) is 0 Å². The summed E-state index contributed by atoms with van der Waals surface area (Å²) in [5.74, 6) is 1.77. The summed E-state index contributed by atoms with van der Waals surface area (Å²) in [6.07, 6.45) is 6.81. The van der Waals surface area contributed by atoms with E-state index in [-0.39, 0.29) is 0 Å². The highest BCUT2D eigenvalue weighted by Gasteiger charge is 2.42. The monoisotopic (exact) mass is 280 g/mol. The molecule has 2 aliphatic rings. The van der Waals surface area contributed by atoms with Crippen LogP contribution in [-0.4, -0.2) is 36.6 Å². The van der Waals surface area contributed by atoms with Crippen LogP contribution in [0.25, 0.3) is 0 Å². The number of hydrogen-bond donors (Lipinski definition) is 1. The van der Waals surface area contributed by atoms with E-state index in [0.717, 1.165) is 17.9 Å². The first-order valence-electron chi connectivity index (χ1n) is 8.93. The summed E-state index contributed by atoms with van der Waals surface area (Å²) in [5, 5.41) is 3.89. The van der Waals surface area contributed by atoms with E-state index in [9.17, 15) is 0 Å². The largest absolute Gasteiger partial charge is 0.312 e. The van der Waals surface area contributed by atoms with Gasteiger partial charge in [-0.2, -0.15) is 0 Å². The molecule has 1 aliphatic carbocycles. The van der Waals surface area contributed by atoms with Crippen LogP contribution >= 0.6 is 0 Å². The molecule has 20 heavy (non-hydrogen) atoms. The SMILES string of the molecule is CCCNC1C(N2CCC(C)C(C)C2)CCCC1(C)C. The van der Waals surface area contributed by atoms with Gasteiger partial charge in [0.05, 0.1) is 0 Å². The number of likely N-dealkylation sites (tertiary alicyclic amines) is 1. The number of nitrogens with zero attached hydrogens (tertiary/aromatic N) is 1. The van der Waals surface area contributed by atoms with Crippen molar-refractivity contribution in [2.75, 3.05) is 19.6 Å². The maximum absolute atomic E-state index is 3.89. The van der Waals surface area contributed by atoms with Gasteiger partial charge < -0.3 is 5.32 Å².